The van der Waals surface area contributed by atoms with Gasteiger partial charge in [0.1, 0.15) is 11.4 Å². The fourth-order valence-electron chi connectivity index (χ4n) is 1.79. The molecule has 98 valence electrons. The summed E-state index contributed by atoms with van der Waals surface area (Å²) in [5, 5.41) is 14.6. The summed E-state index contributed by atoms with van der Waals surface area (Å²) in [5.74, 6) is 3.43. The third kappa shape index (κ3) is 3.23. The third-order valence-electron chi connectivity index (χ3n) is 2.65. The number of nitrogens with two attached hydrogens (primary N) is 1. The summed E-state index contributed by atoms with van der Waals surface area (Å²) < 4.78 is 0. The second-order valence-corrected chi connectivity index (χ2v) is 6.51. The minimum atomic E-state index is -0.430. The molecule has 18 heavy (non-hydrogen) atoms. The lowest BCUT2D eigenvalue weighted by molar-refractivity contribution is -0.383. The van der Waals surface area contributed by atoms with Crippen molar-refractivity contribution in [1.82, 2.24) is 0 Å². The van der Waals surface area contributed by atoms with Gasteiger partial charge >= 0.3 is 5.69 Å². The highest BCUT2D eigenvalue weighted by Crippen LogP contribution is 2.31. The van der Waals surface area contributed by atoms with Gasteiger partial charge in [0.25, 0.3) is 0 Å². The van der Waals surface area contributed by atoms with Crippen LogP contribution in [0.25, 0.3) is 0 Å². The second kappa shape index (κ2) is 6.19. The van der Waals surface area contributed by atoms with Gasteiger partial charge in [0.05, 0.1) is 4.92 Å². The molecule has 7 heteroatoms. The first kappa shape index (κ1) is 13.4. The van der Waals surface area contributed by atoms with Crippen LogP contribution in [0, 0.1) is 10.1 Å². The SMILES string of the molecule is Nc1cccc(NCC2CSCCS2)c1[N+](=O)[O-]. The van der Waals surface area contributed by atoms with Gasteiger partial charge in [-0.3, -0.25) is 10.1 Å². The minimum absolute atomic E-state index is 0.0223. The van der Waals surface area contributed by atoms with E-state index in [4.69, 9.17) is 5.73 Å². The summed E-state index contributed by atoms with van der Waals surface area (Å²) >= 11 is 3.85. The maximum Gasteiger partial charge on any atom is 0.314 e. The van der Waals surface area contributed by atoms with Crippen molar-refractivity contribution in [2.24, 2.45) is 0 Å². The number of para-hydroxylation sites is 1. The maximum atomic E-state index is 11.0. The van der Waals surface area contributed by atoms with Crippen LogP contribution in [0.2, 0.25) is 0 Å². The molecule has 1 fully saturated rings. The zero-order valence-corrected chi connectivity index (χ0v) is 11.4. The van der Waals surface area contributed by atoms with Crippen molar-refractivity contribution in [3.8, 4) is 0 Å². The van der Waals surface area contributed by atoms with Gasteiger partial charge in [-0.05, 0) is 12.1 Å². The maximum absolute atomic E-state index is 11.0. The molecule has 1 aliphatic heterocycles. The molecule has 0 aromatic heterocycles. The summed E-state index contributed by atoms with van der Waals surface area (Å²) in [7, 11) is 0. The number of thioether (sulfide) groups is 2. The number of nitrogens with one attached hydrogen (secondary N) is 1. The molecule has 0 bridgehead atoms. The lowest BCUT2D eigenvalue weighted by Gasteiger charge is -2.21. The van der Waals surface area contributed by atoms with E-state index in [-0.39, 0.29) is 11.4 Å². The highest BCUT2D eigenvalue weighted by molar-refractivity contribution is 8.06. The van der Waals surface area contributed by atoms with Crippen LogP contribution in [0.1, 0.15) is 0 Å². The third-order valence-corrected chi connectivity index (χ3v) is 5.50. The van der Waals surface area contributed by atoms with Crippen LogP contribution in [-0.4, -0.2) is 34.0 Å². The summed E-state index contributed by atoms with van der Waals surface area (Å²) in [6.45, 7) is 0.738. The Balaban J connectivity index is 2.04. The Bertz CT molecular complexity index is 436. The molecule has 0 aliphatic carbocycles. The summed E-state index contributed by atoms with van der Waals surface area (Å²) in [6, 6.07) is 4.98. The van der Waals surface area contributed by atoms with Crippen LogP contribution in [0.15, 0.2) is 18.2 Å². The van der Waals surface area contributed by atoms with E-state index < -0.39 is 4.92 Å². The first-order valence-electron chi connectivity index (χ1n) is 5.64. The van der Waals surface area contributed by atoms with E-state index in [9.17, 15) is 10.1 Å². The van der Waals surface area contributed by atoms with Gasteiger partial charge in [-0.15, -0.1) is 0 Å². The minimum Gasteiger partial charge on any atom is -0.393 e. The molecule has 1 aromatic carbocycles. The van der Waals surface area contributed by atoms with Crippen molar-refractivity contribution in [3.63, 3.8) is 0 Å². The van der Waals surface area contributed by atoms with Crippen molar-refractivity contribution in [2.75, 3.05) is 34.9 Å². The van der Waals surface area contributed by atoms with Gasteiger partial charge in [0, 0.05) is 29.1 Å². The zero-order valence-electron chi connectivity index (χ0n) is 9.80. The van der Waals surface area contributed by atoms with Crippen molar-refractivity contribution < 1.29 is 4.92 Å². The van der Waals surface area contributed by atoms with Crippen LogP contribution >= 0.6 is 23.5 Å². The lowest BCUT2D eigenvalue weighted by atomic mass is 10.2. The molecule has 5 nitrogen and oxygen atoms in total. The fraction of sp³-hybridized carbons (Fsp3) is 0.455. The predicted molar refractivity (Wildman–Crippen MR) is 79.6 cm³/mol. The number of anilines is 2. The van der Waals surface area contributed by atoms with Crippen molar-refractivity contribution in [3.05, 3.63) is 28.3 Å². The van der Waals surface area contributed by atoms with E-state index in [2.05, 4.69) is 5.32 Å². The molecular weight excluding hydrogens is 270 g/mol. The molecule has 1 aliphatic rings. The van der Waals surface area contributed by atoms with E-state index in [0.29, 0.717) is 10.9 Å². The monoisotopic (exact) mass is 285 g/mol. The average molecular weight is 285 g/mol. The molecule has 0 radical (unpaired) electrons. The highest BCUT2D eigenvalue weighted by atomic mass is 32.2. The van der Waals surface area contributed by atoms with Gasteiger partial charge in [0.15, 0.2) is 0 Å². The Kier molecular flexibility index (Phi) is 4.60. The van der Waals surface area contributed by atoms with Crippen molar-refractivity contribution in [1.29, 1.82) is 0 Å². The van der Waals surface area contributed by atoms with Gasteiger partial charge in [0.2, 0.25) is 0 Å². The highest BCUT2D eigenvalue weighted by Gasteiger charge is 2.19. The zero-order chi connectivity index (χ0) is 13.0. The molecule has 0 spiro atoms. The predicted octanol–water partition coefficient (Wildman–Crippen LogP) is 2.44. The summed E-state index contributed by atoms with van der Waals surface area (Å²) in [4.78, 5) is 10.5. The van der Waals surface area contributed by atoms with E-state index in [1.807, 2.05) is 23.5 Å². The number of nitro groups is 1. The topological polar surface area (TPSA) is 81.2 Å². The first-order valence-corrected chi connectivity index (χ1v) is 7.85. The van der Waals surface area contributed by atoms with Crippen molar-refractivity contribution in [2.45, 2.75) is 5.25 Å². The molecular formula is C11H15N3O2S2. The molecule has 1 unspecified atom stereocenters. The van der Waals surface area contributed by atoms with Gasteiger partial charge in [-0.25, -0.2) is 0 Å². The molecule has 2 rings (SSSR count). The number of rotatable bonds is 4. The molecule has 1 saturated heterocycles. The number of nitrogens with zero attached hydrogens (tertiary/aromatic N) is 1. The largest absolute Gasteiger partial charge is 0.393 e. The van der Waals surface area contributed by atoms with E-state index >= 15 is 0 Å². The molecule has 1 aromatic rings. The Hall–Kier alpha value is -1.08. The molecule has 0 amide bonds. The lowest BCUT2D eigenvalue weighted by Crippen LogP contribution is -2.23. The van der Waals surface area contributed by atoms with Gasteiger partial charge < -0.3 is 11.1 Å². The van der Waals surface area contributed by atoms with Crippen LogP contribution in [0.4, 0.5) is 17.1 Å². The Morgan fingerprint density at radius 2 is 2.33 bits per heavy atom. The molecule has 1 atom stereocenters. The average Bonchev–Trinajstić information content (AvgIpc) is 2.37. The van der Waals surface area contributed by atoms with Crippen LogP contribution in [0.3, 0.4) is 0 Å². The fourth-order valence-corrected chi connectivity index (χ4v) is 4.40. The first-order chi connectivity index (χ1) is 8.68. The quantitative estimate of drug-likeness (QED) is 0.502. The molecule has 0 saturated carbocycles. The Morgan fingerprint density at radius 1 is 1.50 bits per heavy atom. The van der Waals surface area contributed by atoms with Crippen LogP contribution in [-0.2, 0) is 0 Å². The molecule has 3 N–H and O–H groups in total. The number of nitro benzene ring substituents is 1. The van der Waals surface area contributed by atoms with E-state index in [1.54, 1.807) is 18.2 Å². The number of nitrogen functional groups attached to an aromatic ring is 1. The van der Waals surface area contributed by atoms with E-state index in [0.717, 1.165) is 18.1 Å². The number of benzene rings is 1. The van der Waals surface area contributed by atoms with Crippen LogP contribution < -0.4 is 11.1 Å². The molecule has 1 heterocycles. The summed E-state index contributed by atoms with van der Waals surface area (Å²) in [5.41, 5.74) is 6.33. The number of hydrogen-bond acceptors (Lipinski definition) is 6. The van der Waals surface area contributed by atoms with Crippen molar-refractivity contribution >= 4 is 40.6 Å². The van der Waals surface area contributed by atoms with Gasteiger partial charge in [-0.2, -0.15) is 23.5 Å². The second-order valence-electron chi connectivity index (χ2n) is 3.95. The van der Waals surface area contributed by atoms with Crippen LogP contribution in [0.5, 0.6) is 0 Å². The standard InChI is InChI=1S/C11H15N3O2S2/c12-9-2-1-3-10(11(9)14(15)16)13-6-8-7-17-4-5-18-8/h1-3,8,13H,4-7,12H2. The Labute approximate surface area is 114 Å². The Morgan fingerprint density at radius 3 is 3.00 bits per heavy atom. The summed E-state index contributed by atoms with van der Waals surface area (Å²) in [6.07, 6.45) is 0. The van der Waals surface area contributed by atoms with Gasteiger partial charge in [-0.1, -0.05) is 6.07 Å². The smallest absolute Gasteiger partial charge is 0.314 e. The number of hydrogen-bond donors (Lipinski definition) is 2. The van der Waals surface area contributed by atoms with E-state index in [1.165, 1.54) is 5.75 Å². The normalized spacial score (nSPS) is 19.4.